The molecule has 6 heteroatoms. The number of carbonyl (C=O) groups excluding carboxylic acids is 1. The quantitative estimate of drug-likeness (QED) is 0.602. The molecule has 138 valence electrons. The van der Waals surface area contributed by atoms with E-state index in [0.29, 0.717) is 5.16 Å². The van der Waals surface area contributed by atoms with Gasteiger partial charge >= 0.3 is 0 Å². The summed E-state index contributed by atoms with van der Waals surface area (Å²) in [6.07, 6.45) is 4.35. The molecular weight excluding hydrogens is 346 g/mol. The molecule has 0 spiro atoms. The first-order chi connectivity index (χ1) is 12.5. The number of aromatic nitrogens is 2. The molecule has 2 N–H and O–H groups in total. The maximum atomic E-state index is 12.7. The molecule has 1 heterocycles. The minimum Gasteiger partial charge on any atom is -0.325 e. The van der Waals surface area contributed by atoms with Gasteiger partial charge in [-0.15, -0.1) is 0 Å². The number of amides is 1. The molecule has 0 aliphatic heterocycles. The van der Waals surface area contributed by atoms with E-state index in [0.717, 1.165) is 60.2 Å². The summed E-state index contributed by atoms with van der Waals surface area (Å²) >= 11 is 1.30. The second-order valence-corrected chi connectivity index (χ2v) is 7.89. The molecule has 1 amide bonds. The Morgan fingerprint density at radius 2 is 1.96 bits per heavy atom. The molecule has 0 saturated heterocycles. The number of nitrogens with zero attached hydrogens (tertiary/aromatic N) is 1. The predicted octanol–water partition coefficient (Wildman–Crippen LogP) is 3.50. The first kappa shape index (κ1) is 18.7. The van der Waals surface area contributed by atoms with Crippen molar-refractivity contribution in [1.29, 1.82) is 0 Å². The van der Waals surface area contributed by atoms with Gasteiger partial charge in [-0.2, -0.15) is 0 Å². The van der Waals surface area contributed by atoms with Gasteiger partial charge in [-0.3, -0.25) is 9.59 Å². The topological polar surface area (TPSA) is 74.8 Å². The summed E-state index contributed by atoms with van der Waals surface area (Å²) in [5.74, 6) is -0.0752. The Kier molecular flexibility index (Phi) is 5.81. The standard InChI is InChI=1S/C20H25N3O2S/c1-4-13-8-6-9-14(5-2)17(13)22-18(24)12(3)26-20-21-16-11-7-10-15(16)19(25)23-20/h6,8-9,12H,4-5,7,10-11H2,1-3H3,(H,22,24)(H,21,23,25). The van der Waals surface area contributed by atoms with Gasteiger partial charge in [0.25, 0.3) is 5.56 Å². The molecule has 1 unspecified atom stereocenters. The van der Waals surface area contributed by atoms with E-state index in [1.807, 2.05) is 25.1 Å². The van der Waals surface area contributed by atoms with Crippen LogP contribution in [0.4, 0.5) is 5.69 Å². The second-order valence-electron chi connectivity index (χ2n) is 6.56. The van der Waals surface area contributed by atoms with Crippen molar-refractivity contribution < 1.29 is 4.79 Å². The van der Waals surface area contributed by atoms with Gasteiger partial charge < -0.3 is 10.3 Å². The van der Waals surface area contributed by atoms with Gasteiger partial charge in [0.2, 0.25) is 5.91 Å². The number of hydrogen-bond donors (Lipinski definition) is 2. The molecule has 1 aromatic heterocycles. The molecular formula is C20H25N3O2S. The van der Waals surface area contributed by atoms with Crippen molar-refractivity contribution in [3.05, 3.63) is 50.9 Å². The number of carbonyl (C=O) groups is 1. The second kappa shape index (κ2) is 8.08. The monoisotopic (exact) mass is 371 g/mol. The van der Waals surface area contributed by atoms with Crippen molar-refractivity contribution >= 4 is 23.4 Å². The highest BCUT2D eigenvalue weighted by molar-refractivity contribution is 8.00. The molecule has 0 saturated carbocycles. The number of para-hydroxylation sites is 1. The van der Waals surface area contributed by atoms with E-state index >= 15 is 0 Å². The van der Waals surface area contributed by atoms with Gasteiger partial charge in [-0.25, -0.2) is 4.98 Å². The molecule has 3 rings (SSSR count). The molecule has 1 atom stereocenters. The fraction of sp³-hybridized carbons (Fsp3) is 0.450. The average molecular weight is 372 g/mol. The Balaban J connectivity index is 1.75. The van der Waals surface area contributed by atoms with Gasteiger partial charge in [0, 0.05) is 11.3 Å². The summed E-state index contributed by atoms with van der Waals surface area (Å²) in [6, 6.07) is 6.13. The highest BCUT2D eigenvalue weighted by Crippen LogP contribution is 2.26. The van der Waals surface area contributed by atoms with Crippen molar-refractivity contribution in [2.75, 3.05) is 5.32 Å². The number of aromatic amines is 1. The number of rotatable bonds is 6. The highest BCUT2D eigenvalue weighted by Gasteiger charge is 2.21. The number of anilines is 1. The fourth-order valence-electron chi connectivity index (χ4n) is 3.32. The van der Waals surface area contributed by atoms with Crippen LogP contribution in [-0.4, -0.2) is 21.1 Å². The SMILES string of the molecule is CCc1cccc(CC)c1NC(=O)C(C)Sc1nc2c(c(=O)[nH]1)CCC2. The van der Waals surface area contributed by atoms with Crippen LogP contribution < -0.4 is 10.9 Å². The van der Waals surface area contributed by atoms with Crippen LogP contribution >= 0.6 is 11.8 Å². The number of nitrogens with one attached hydrogen (secondary N) is 2. The maximum Gasteiger partial charge on any atom is 0.254 e. The summed E-state index contributed by atoms with van der Waals surface area (Å²) in [7, 11) is 0. The third-order valence-electron chi connectivity index (χ3n) is 4.82. The number of aryl methyl sites for hydroxylation is 3. The average Bonchev–Trinajstić information content (AvgIpc) is 3.10. The minimum absolute atomic E-state index is 0.0628. The number of hydrogen-bond acceptors (Lipinski definition) is 4. The lowest BCUT2D eigenvalue weighted by Gasteiger charge is -2.17. The Morgan fingerprint density at radius 3 is 2.62 bits per heavy atom. The molecule has 1 aliphatic rings. The van der Waals surface area contributed by atoms with E-state index in [4.69, 9.17) is 0 Å². The fourth-order valence-corrected chi connectivity index (χ4v) is 4.14. The van der Waals surface area contributed by atoms with Gasteiger partial charge in [-0.05, 0) is 50.2 Å². The van der Waals surface area contributed by atoms with Crippen molar-refractivity contribution in [2.45, 2.75) is 63.3 Å². The summed E-state index contributed by atoms with van der Waals surface area (Å²) in [6.45, 7) is 6.01. The van der Waals surface area contributed by atoms with E-state index in [2.05, 4.69) is 29.1 Å². The first-order valence-corrected chi connectivity index (χ1v) is 10.1. The lowest BCUT2D eigenvalue weighted by molar-refractivity contribution is -0.115. The van der Waals surface area contributed by atoms with Crippen molar-refractivity contribution in [1.82, 2.24) is 9.97 Å². The summed E-state index contributed by atoms with van der Waals surface area (Å²) in [5, 5.41) is 3.26. The van der Waals surface area contributed by atoms with Gasteiger partial charge in [0.1, 0.15) is 0 Å². The summed E-state index contributed by atoms with van der Waals surface area (Å²) < 4.78 is 0. The van der Waals surface area contributed by atoms with Crippen LogP contribution in [0.15, 0.2) is 28.2 Å². The lowest BCUT2D eigenvalue weighted by atomic mass is 10.0. The highest BCUT2D eigenvalue weighted by atomic mass is 32.2. The number of fused-ring (bicyclic) bond motifs is 1. The maximum absolute atomic E-state index is 12.7. The van der Waals surface area contributed by atoms with Gasteiger partial charge in [-0.1, -0.05) is 43.8 Å². The molecule has 0 fully saturated rings. The van der Waals surface area contributed by atoms with Crippen LogP contribution in [0.25, 0.3) is 0 Å². The predicted molar refractivity (Wildman–Crippen MR) is 106 cm³/mol. The van der Waals surface area contributed by atoms with Crippen molar-refractivity contribution in [3.8, 4) is 0 Å². The number of benzene rings is 1. The van der Waals surface area contributed by atoms with Crippen LogP contribution in [0, 0.1) is 0 Å². The van der Waals surface area contributed by atoms with Crippen LogP contribution in [0.5, 0.6) is 0 Å². The van der Waals surface area contributed by atoms with Gasteiger partial charge in [0.05, 0.1) is 10.9 Å². The Bertz CT molecular complexity index is 854. The zero-order valence-corrected chi connectivity index (χ0v) is 16.3. The van der Waals surface area contributed by atoms with Crippen LogP contribution in [-0.2, 0) is 30.5 Å². The third-order valence-corrected chi connectivity index (χ3v) is 5.81. The van der Waals surface area contributed by atoms with Crippen molar-refractivity contribution in [2.24, 2.45) is 0 Å². The molecule has 2 aromatic rings. The normalized spacial score (nSPS) is 14.1. The molecule has 1 aromatic carbocycles. The molecule has 0 radical (unpaired) electrons. The van der Waals surface area contributed by atoms with Crippen LogP contribution in [0.3, 0.4) is 0 Å². The molecule has 0 bridgehead atoms. The molecule has 1 aliphatic carbocycles. The summed E-state index contributed by atoms with van der Waals surface area (Å²) in [5.41, 5.74) is 4.82. The lowest BCUT2D eigenvalue weighted by Crippen LogP contribution is -2.25. The molecule has 5 nitrogen and oxygen atoms in total. The first-order valence-electron chi connectivity index (χ1n) is 9.23. The van der Waals surface area contributed by atoms with E-state index in [1.165, 1.54) is 11.8 Å². The Morgan fingerprint density at radius 1 is 1.27 bits per heavy atom. The smallest absolute Gasteiger partial charge is 0.254 e. The summed E-state index contributed by atoms with van der Waals surface area (Å²) in [4.78, 5) is 32.2. The van der Waals surface area contributed by atoms with Gasteiger partial charge in [0.15, 0.2) is 5.16 Å². The largest absolute Gasteiger partial charge is 0.325 e. The Hall–Kier alpha value is -2.08. The van der Waals surface area contributed by atoms with E-state index in [-0.39, 0.29) is 16.7 Å². The van der Waals surface area contributed by atoms with Crippen LogP contribution in [0.2, 0.25) is 0 Å². The zero-order chi connectivity index (χ0) is 18.7. The Labute approximate surface area is 158 Å². The van der Waals surface area contributed by atoms with Crippen molar-refractivity contribution in [3.63, 3.8) is 0 Å². The molecule has 26 heavy (non-hydrogen) atoms. The van der Waals surface area contributed by atoms with Crippen LogP contribution in [0.1, 0.15) is 49.6 Å². The minimum atomic E-state index is -0.354. The zero-order valence-electron chi connectivity index (χ0n) is 15.5. The third kappa shape index (κ3) is 3.85. The van der Waals surface area contributed by atoms with E-state index in [9.17, 15) is 9.59 Å². The number of thioether (sulfide) groups is 1. The number of H-pyrrole nitrogens is 1. The van der Waals surface area contributed by atoms with E-state index in [1.54, 1.807) is 0 Å². The van der Waals surface area contributed by atoms with E-state index < -0.39 is 0 Å².